The van der Waals surface area contributed by atoms with Crippen molar-refractivity contribution in [2.24, 2.45) is 23.2 Å². The molecule has 1 aromatic carbocycles. The Kier molecular flexibility index (Phi) is 8.46. The summed E-state index contributed by atoms with van der Waals surface area (Å²) >= 11 is 0. The smallest absolute Gasteiger partial charge is 0.224 e. The van der Waals surface area contributed by atoms with Gasteiger partial charge in [0.15, 0.2) is 0 Å². The number of nitrogens with one attached hydrogen (secondary N) is 3. The minimum Gasteiger partial charge on any atom is -0.370 e. The van der Waals surface area contributed by atoms with Crippen molar-refractivity contribution in [3.8, 4) is 0 Å². The number of fused-ring (bicyclic) bond motifs is 1. The van der Waals surface area contributed by atoms with Crippen LogP contribution in [0.5, 0.6) is 0 Å². The number of benzene rings is 1. The number of hydrogen-bond donors (Lipinski definition) is 3. The van der Waals surface area contributed by atoms with Crippen LogP contribution in [0.4, 0.5) is 11.5 Å². The van der Waals surface area contributed by atoms with E-state index in [1.807, 2.05) is 24.3 Å². The summed E-state index contributed by atoms with van der Waals surface area (Å²) in [4.78, 5) is 18.0. The van der Waals surface area contributed by atoms with Crippen LogP contribution in [0.15, 0.2) is 30.3 Å². The summed E-state index contributed by atoms with van der Waals surface area (Å²) in [5.74, 6) is 3.70. The first kappa shape index (κ1) is 25.5. The molecule has 3 N–H and O–H groups in total. The summed E-state index contributed by atoms with van der Waals surface area (Å²) in [6, 6.07) is 10.2. The van der Waals surface area contributed by atoms with Gasteiger partial charge in [0.2, 0.25) is 5.91 Å². The molecule has 5 nitrogen and oxygen atoms in total. The van der Waals surface area contributed by atoms with Gasteiger partial charge in [-0.15, -0.1) is 0 Å². The Hall–Kier alpha value is -2.14. The largest absolute Gasteiger partial charge is 0.370 e. The van der Waals surface area contributed by atoms with E-state index in [0.717, 1.165) is 66.1 Å². The molecule has 5 heteroatoms. The normalized spacial score (nSPS) is 26.4. The number of pyridine rings is 1. The summed E-state index contributed by atoms with van der Waals surface area (Å²) in [6.45, 7) is 6.33. The van der Waals surface area contributed by atoms with Gasteiger partial charge < -0.3 is 16.0 Å². The SMILES string of the molecule is CCCCCC[CH]NCCCNc1ccc2c(NC(=O)CC34CC5CC(CC(C5)C3)C4)cccc2n1. The first-order valence-electron chi connectivity index (χ1n) is 14.6. The molecule has 6 rings (SSSR count). The number of carbonyl (C=O) groups excluding carboxylic acids is 1. The molecule has 4 bridgehead atoms. The third-order valence-electron chi connectivity index (χ3n) is 8.86. The maximum Gasteiger partial charge on any atom is 0.224 e. The van der Waals surface area contributed by atoms with E-state index >= 15 is 0 Å². The molecule has 1 heterocycles. The van der Waals surface area contributed by atoms with Gasteiger partial charge in [-0.25, -0.2) is 4.98 Å². The molecule has 1 aromatic heterocycles. The van der Waals surface area contributed by atoms with Gasteiger partial charge in [-0.2, -0.15) is 0 Å². The molecule has 0 saturated heterocycles. The second-order valence-corrected chi connectivity index (χ2v) is 12.0. The third kappa shape index (κ3) is 6.40. The highest BCUT2D eigenvalue weighted by Gasteiger charge is 2.51. The van der Waals surface area contributed by atoms with Crippen LogP contribution in [-0.4, -0.2) is 24.0 Å². The van der Waals surface area contributed by atoms with Crippen LogP contribution in [0, 0.1) is 29.7 Å². The second-order valence-electron chi connectivity index (χ2n) is 12.0. The zero-order valence-corrected chi connectivity index (χ0v) is 22.2. The van der Waals surface area contributed by atoms with Crippen LogP contribution in [0.25, 0.3) is 10.9 Å². The van der Waals surface area contributed by atoms with E-state index in [-0.39, 0.29) is 11.3 Å². The van der Waals surface area contributed by atoms with Gasteiger partial charge >= 0.3 is 0 Å². The van der Waals surface area contributed by atoms with Crippen LogP contribution >= 0.6 is 0 Å². The highest BCUT2D eigenvalue weighted by molar-refractivity contribution is 6.01. The van der Waals surface area contributed by atoms with Gasteiger partial charge in [0.1, 0.15) is 5.82 Å². The Balaban J connectivity index is 1.08. The average molecular weight is 490 g/mol. The van der Waals surface area contributed by atoms with Crippen molar-refractivity contribution >= 4 is 28.3 Å². The van der Waals surface area contributed by atoms with Crippen LogP contribution in [0.2, 0.25) is 0 Å². The first-order valence-corrected chi connectivity index (χ1v) is 14.6. The van der Waals surface area contributed by atoms with E-state index in [9.17, 15) is 4.79 Å². The zero-order valence-electron chi connectivity index (χ0n) is 22.2. The number of anilines is 2. The lowest BCUT2D eigenvalue weighted by atomic mass is 9.49. The van der Waals surface area contributed by atoms with Crippen molar-refractivity contribution in [2.75, 3.05) is 23.7 Å². The van der Waals surface area contributed by atoms with E-state index in [4.69, 9.17) is 4.98 Å². The number of nitrogens with zero attached hydrogens (tertiary/aromatic N) is 1. The van der Waals surface area contributed by atoms with Crippen molar-refractivity contribution in [2.45, 2.75) is 90.4 Å². The van der Waals surface area contributed by atoms with Crippen LogP contribution in [0.1, 0.15) is 90.4 Å². The number of amides is 1. The molecule has 4 aliphatic rings. The number of rotatable bonds is 14. The van der Waals surface area contributed by atoms with Crippen LogP contribution in [-0.2, 0) is 4.79 Å². The molecule has 2 aromatic rings. The number of hydrogen-bond acceptors (Lipinski definition) is 4. The van der Waals surface area contributed by atoms with Crippen LogP contribution < -0.4 is 16.0 Å². The summed E-state index contributed by atoms with van der Waals surface area (Å²) in [5, 5.41) is 11.1. The summed E-state index contributed by atoms with van der Waals surface area (Å²) < 4.78 is 0. The van der Waals surface area contributed by atoms with Crippen molar-refractivity contribution in [1.29, 1.82) is 0 Å². The Bertz CT molecular complexity index is 984. The summed E-state index contributed by atoms with van der Waals surface area (Å²) in [6.07, 6.45) is 16.2. The lowest BCUT2D eigenvalue weighted by Gasteiger charge is -2.56. The minimum absolute atomic E-state index is 0.182. The molecular formula is C31H45N4O. The van der Waals surface area contributed by atoms with Crippen LogP contribution in [0.3, 0.4) is 0 Å². The van der Waals surface area contributed by atoms with E-state index in [1.54, 1.807) is 0 Å². The maximum absolute atomic E-state index is 13.2. The summed E-state index contributed by atoms with van der Waals surface area (Å²) in [5.41, 5.74) is 2.08. The van der Waals surface area contributed by atoms with Crippen molar-refractivity contribution < 1.29 is 4.79 Å². The van der Waals surface area contributed by atoms with Crippen molar-refractivity contribution in [1.82, 2.24) is 10.3 Å². The lowest BCUT2D eigenvalue weighted by Crippen LogP contribution is -2.47. The molecule has 4 saturated carbocycles. The van der Waals surface area contributed by atoms with E-state index in [1.165, 1.54) is 64.2 Å². The molecule has 0 atom stereocenters. The predicted molar refractivity (Wildman–Crippen MR) is 150 cm³/mol. The third-order valence-corrected chi connectivity index (χ3v) is 8.86. The second kappa shape index (κ2) is 11.9. The molecular weight excluding hydrogens is 444 g/mol. The molecule has 195 valence electrons. The van der Waals surface area contributed by atoms with Crippen molar-refractivity contribution in [3.63, 3.8) is 0 Å². The van der Waals surface area contributed by atoms with Crippen molar-refractivity contribution in [3.05, 3.63) is 36.9 Å². The standard InChI is InChI=1S/C31H45N4O/c1-2-3-4-5-6-13-32-14-8-15-33-29-12-11-26-27(34-29)9-7-10-28(26)35-30(36)22-31-19-23-16-24(20-31)18-25(17-23)21-31/h7,9-13,23-25,32H,2-6,8,14-22H2,1H3,(H,33,34)(H,35,36). The molecule has 1 radical (unpaired) electrons. The Labute approximate surface area is 217 Å². The fourth-order valence-corrected chi connectivity index (χ4v) is 7.69. The fourth-order valence-electron chi connectivity index (χ4n) is 7.69. The fraction of sp³-hybridized carbons (Fsp3) is 0.645. The van der Waals surface area contributed by atoms with E-state index < -0.39 is 0 Å². The van der Waals surface area contributed by atoms with Gasteiger partial charge in [0.25, 0.3) is 0 Å². The number of carbonyl (C=O) groups is 1. The minimum atomic E-state index is 0.182. The molecule has 4 aliphatic carbocycles. The van der Waals surface area contributed by atoms with Gasteiger partial charge in [0, 0.05) is 24.9 Å². The maximum atomic E-state index is 13.2. The molecule has 1 amide bonds. The van der Waals surface area contributed by atoms with Gasteiger partial charge in [-0.05, 0) is 105 Å². The number of aromatic nitrogens is 1. The topological polar surface area (TPSA) is 66.0 Å². The quantitative estimate of drug-likeness (QED) is 0.244. The van der Waals surface area contributed by atoms with E-state index in [2.05, 4.69) is 35.5 Å². The summed E-state index contributed by atoms with van der Waals surface area (Å²) in [7, 11) is 0. The molecule has 4 fully saturated rings. The van der Waals surface area contributed by atoms with E-state index in [0.29, 0.717) is 6.42 Å². The average Bonchev–Trinajstić information content (AvgIpc) is 2.84. The predicted octanol–water partition coefficient (Wildman–Crippen LogP) is 7.30. The Morgan fingerprint density at radius 3 is 2.50 bits per heavy atom. The highest BCUT2D eigenvalue weighted by atomic mass is 16.1. The van der Waals surface area contributed by atoms with Gasteiger partial charge in [0.05, 0.1) is 11.2 Å². The highest BCUT2D eigenvalue weighted by Crippen LogP contribution is 2.61. The number of unbranched alkanes of at least 4 members (excludes halogenated alkanes) is 4. The molecule has 36 heavy (non-hydrogen) atoms. The Morgan fingerprint density at radius 1 is 0.972 bits per heavy atom. The monoisotopic (exact) mass is 489 g/mol. The van der Waals surface area contributed by atoms with Gasteiger partial charge in [-0.1, -0.05) is 38.7 Å². The zero-order chi connectivity index (χ0) is 24.8. The molecule has 0 spiro atoms. The first-order chi connectivity index (χ1) is 17.6. The molecule has 0 aliphatic heterocycles. The van der Waals surface area contributed by atoms with Gasteiger partial charge in [-0.3, -0.25) is 4.79 Å². The Morgan fingerprint density at radius 2 is 1.75 bits per heavy atom. The molecule has 0 unspecified atom stereocenters. The lowest BCUT2D eigenvalue weighted by molar-refractivity contribution is -0.124.